The minimum Gasteiger partial charge on any atom is -0.393 e. The molecule has 1 heterocycles. The van der Waals surface area contributed by atoms with E-state index in [1.54, 1.807) is 12.1 Å². The fraction of sp³-hybridized carbons (Fsp3) is 0.474. The zero-order valence-corrected chi connectivity index (χ0v) is 26.0. The number of Topliss-reactive ketones (excluding diaryl/α,β-unsaturated/α-hetero) is 1. The largest absolute Gasteiger partial charge is 0.393 e. The number of aliphatic hydroxyl groups excluding tert-OH is 1. The summed E-state index contributed by atoms with van der Waals surface area (Å²) in [7, 11) is 0. The van der Waals surface area contributed by atoms with E-state index >= 15 is 0 Å². The Morgan fingerprint density at radius 3 is 2.64 bits per heavy atom. The van der Waals surface area contributed by atoms with Gasteiger partial charge in [-0.25, -0.2) is 4.39 Å². The van der Waals surface area contributed by atoms with Gasteiger partial charge in [-0.3, -0.25) is 14.8 Å². The number of aromatic nitrogens is 1. The standard InChI is InChI=1S/C38H42FN3O3/c1-36-20-24(22-40)32(42-28-12-9-26(39)10-13-28)19-25(36)8-15-29-30-17-18-38(45,37(30,2)21-33(43)35(29)36)34(44)16-14-27-11-7-23-5-3-4-6-31(23)41-27/h3-7,9-13,19,22,24,29-30,33,35,40,43,45H,8,14-18,20-21H2,1-2H3. The molecule has 1 aromatic heterocycles. The smallest absolute Gasteiger partial charge is 0.165 e. The Balaban J connectivity index is 1.13. The van der Waals surface area contributed by atoms with E-state index in [2.05, 4.69) is 13.0 Å². The summed E-state index contributed by atoms with van der Waals surface area (Å²) in [5, 5.41) is 33.4. The summed E-state index contributed by atoms with van der Waals surface area (Å²) in [6.45, 7) is 4.27. The fourth-order valence-corrected chi connectivity index (χ4v) is 9.91. The number of carbonyl (C=O) groups excluding carboxylic acids is 1. The second-order valence-corrected chi connectivity index (χ2v) is 14.4. The molecule has 0 spiro atoms. The van der Waals surface area contributed by atoms with E-state index in [4.69, 9.17) is 15.4 Å². The lowest BCUT2D eigenvalue weighted by atomic mass is 9.44. The molecule has 4 aliphatic carbocycles. The Bertz CT molecular complexity index is 1720. The highest BCUT2D eigenvalue weighted by molar-refractivity contribution is 6.08. The molecule has 8 unspecified atom stereocenters. The average molecular weight is 608 g/mol. The van der Waals surface area contributed by atoms with Gasteiger partial charge in [-0.1, -0.05) is 43.7 Å². The number of nitrogens with one attached hydrogen (secondary N) is 1. The molecule has 2 aromatic carbocycles. The maximum absolute atomic E-state index is 13.9. The third-order valence-electron chi connectivity index (χ3n) is 12.2. The zero-order chi connectivity index (χ0) is 31.6. The van der Waals surface area contributed by atoms with Crippen LogP contribution in [0.5, 0.6) is 0 Å². The molecule has 0 saturated heterocycles. The van der Waals surface area contributed by atoms with Gasteiger partial charge >= 0.3 is 0 Å². The van der Waals surface area contributed by atoms with Crippen LogP contribution in [0.15, 0.2) is 77.3 Å². The Morgan fingerprint density at radius 2 is 1.87 bits per heavy atom. The van der Waals surface area contributed by atoms with Gasteiger partial charge < -0.3 is 15.6 Å². The Labute approximate surface area is 264 Å². The molecule has 3 N–H and O–H groups in total. The Morgan fingerprint density at radius 1 is 1.09 bits per heavy atom. The molecule has 3 aromatic rings. The number of hydrogen-bond acceptors (Lipinski definition) is 6. The molecule has 234 valence electrons. The summed E-state index contributed by atoms with van der Waals surface area (Å²) >= 11 is 0. The van der Waals surface area contributed by atoms with Gasteiger partial charge in [0, 0.05) is 40.8 Å². The molecule has 0 bridgehead atoms. The minimum absolute atomic E-state index is 0.0235. The maximum atomic E-state index is 13.9. The number of hydrogen-bond donors (Lipinski definition) is 3. The van der Waals surface area contributed by atoms with Gasteiger partial charge in [-0.05, 0) is 111 Å². The first-order chi connectivity index (χ1) is 21.6. The lowest BCUT2D eigenvalue weighted by Gasteiger charge is -2.61. The first-order valence-electron chi connectivity index (χ1n) is 16.4. The molecule has 6 nitrogen and oxygen atoms in total. The fourth-order valence-electron chi connectivity index (χ4n) is 9.91. The molecule has 0 amide bonds. The number of halogens is 1. The SMILES string of the molecule is CC12CC(C=N)C(=Nc3ccc(F)cc3)C=C1CCC1C2C(O)CC2(C)C1CCC2(O)C(=O)CCc1ccc2ccccc2n1. The number of aliphatic imine (C=N–C) groups is 1. The van der Waals surface area contributed by atoms with E-state index in [1.807, 2.05) is 43.3 Å². The van der Waals surface area contributed by atoms with Crippen molar-refractivity contribution in [1.29, 1.82) is 5.41 Å². The number of aliphatic hydroxyl groups is 2. The molecular weight excluding hydrogens is 565 g/mol. The molecule has 3 fully saturated rings. The van der Waals surface area contributed by atoms with Crippen LogP contribution in [0.25, 0.3) is 10.9 Å². The summed E-state index contributed by atoms with van der Waals surface area (Å²) in [5.41, 5.74) is 1.95. The summed E-state index contributed by atoms with van der Waals surface area (Å²) in [6, 6.07) is 18.0. The summed E-state index contributed by atoms with van der Waals surface area (Å²) in [6.07, 6.45) is 7.55. The molecule has 8 atom stereocenters. The molecule has 0 aliphatic heterocycles. The van der Waals surface area contributed by atoms with Crippen molar-refractivity contribution in [3.63, 3.8) is 0 Å². The first-order valence-corrected chi connectivity index (χ1v) is 16.4. The molecule has 0 radical (unpaired) electrons. The number of nitrogens with zero attached hydrogens (tertiary/aromatic N) is 2. The van der Waals surface area contributed by atoms with Crippen molar-refractivity contribution in [3.8, 4) is 0 Å². The van der Waals surface area contributed by atoms with Gasteiger partial charge in [0.15, 0.2) is 5.78 Å². The molecular formula is C38H42FN3O3. The van der Waals surface area contributed by atoms with E-state index in [9.17, 15) is 19.4 Å². The lowest BCUT2D eigenvalue weighted by Crippen LogP contribution is -2.62. The van der Waals surface area contributed by atoms with Crippen LogP contribution in [0.4, 0.5) is 10.1 Å². The molecule has 45 heavy (non-hydrogen) atoms. The van der Waals surface area contributed by atoms with Crippen molar-refractivity contribution >= 4 is 34.3 Å². The van der Waals surface area contributed by atoms with Gasteiger partial charge in [0.25, 0.3) is 0 Å². The zero-order valence-electron chi connectivity index (χ0n) is 26.0. The van der Waals surface area contributed by atoms with Gasteiger partial charge in [0.1, 0.15) is 11.4 Å². The summed E-state index contributed by atoms with van der Waals surface area (Å²) < 4.78 is 13.5. The first kappa shape index (κ1) is 30.1. The number of pyridine rings is 1. The number of aryl methyl sites for hydroxylation is 1. The van der Waals surface area contributed by atoms with Crippen LogP contribution >= 0.6 is 0 Å². The molecule has 4 aliphatic rings. The van der Waals surface area contributed by atoms with Crippen LogP contribution in [0.3, 0.4) is 0 Å². The number of allylic oxidation sites excluding steroid dienone is 2. The number of rotatable bonds is 6. The normalized spacial score (nSPS) is 36.6. The van der Waals surface area contributed by atoms with Crippen LogP contribution in [-0.4, -0.2) is 44.6 Å². The number of carbonyl (C=O) groups is 1. The second kappa shape index (κ2) is 11.1. The number of para-hydroxylation sites is 1. The Hall–Kier alpha value is -3.55. The van der Waals surface area contributed by atoms with Gasteiger partial charge in [0.2, 0.25) is 0 Å². The average Bonchev–Trinajstić information content (AvgIpc) is 3.31. The molecule has 7 heteroatoms. The van der Waals surface area contributed by atoms with Crippen molar-refractivity contribution in [2.75, 3.05) is 0 Å². The van der Waals surface area contributed by atoms with E-state index in [1.165, 1.54) is 23.9 Å². The van der Waals surface area contributed by atoms with Crippen molar-refractivity contribution in [2.45, 2.75) is 76.9 Å². The quantitative estimate of drug-likeness (QED) is 0.258. The van der Waals surface area contributed by atoms with E-state index in [0.717, 1.165) is 41.6 Å². The van der Waals surface area contributed by atoms with Gasteiger partial charge in [-0.15, -0.1) is 0 Å². The lowest BCUT2D eigenvalue weighted by molar-refractivity contribution is -0.180. The van der Waals surface area contributed by atoms with Crippen molar-refractivity contribution < 1.29 is 19.4 Å². The van der Waals surface area contributed by atoms with Crippen LogP contribution in [0.1, 0.15) is 64.5 Å². The van der Waals surface area contributed by atoms with Gasteiger partial charge in [-0.2, -0.15) is 0 Å². The number of ketones is 1. The molecule has 3 saturated carbocycles. The topological polar surface area (TPSA) is 107 Å². The van der Waals surface area contributed by atoms with Crippen LogP contribution in [0.2, 0.25) is 0 Å². The van der Waals surface area contributed by atoms with E-state index in [0.29, 0.717) is 31.4 Å². The summed E-state index contributed by atoms with van der Waals surface area (Å²) in [5.74, 6) is -0.384. The predicted molar refractivity (Wildman–Crippen MR) is 174 cm³/mol. The molecule has 7 rings (SSSR count). The Kier molecular flexibility index (Phi) is 7.40. The number of fused-ring (bicyclic) bond motifs is 6. The van der Waals surface area contributed by atoms with Crippen LogP contribution < -0.4 is 0 Å². The highest BCUT2D eigenvalue weighted by Gasteiger charge is 2.68. The third kappa shape index (κ3) is 4.81. The van der Waals surface area contributed by atoms with Crippen LogP contribution in [-0.2, 0) is 11.2 Å². The van der Waals surface area contributed by atoms with Crippen molar-refractivity contribution in [1.82, 2.24) is 4.98 Å². The van der Waals surface area contributed by atoms with E-state index in [-0.39, 0.29) is 47.1 Å². The maximum Gasteiger partial charge on any atom is 0.165 e. The predicted octanol–water partition coefficient (Wildman–Crippen LogP) is 7.19. The van der Waals surface area contributed by atoms with Crippen molar-refractivity contribution in [2.24, 2.45) is 39.5 Å². The third-order valence-corrected chi connectivity index (χ3v) is 12.2. The van der Waals surface area contributed by atoms with E-state index < -0.39 is 17.1 Å². The van der Waals surface area contributed by atoms with Crippen molar-refractivity contribution in [3.05, 3.63) is 83.8 Å². The van der Waals surface area contributed by atoms with Gasteiger partial charge in [0.05, 0.1) is 17.3 Å². The number of benzene rings is 2. The monoisotopic (exact) mass is 607 g/mol. The highest BCUT2D eigenvalue weighted by atomic mass is 19.1. The highest BCUT2D eigenvalue weighted by Crippen LogP contribution is 2.68. The van der Waals surface area contributed by atoms with Crippen LogP contribution in [0, 0.1) is 45.7 Å². The summed E-state index contributed by atoms with van der Waals surface area (Å²) in [4.78, 5) is 23.4. The minimum atomic E-state index is -1.48. The second-order valence-electron chi connectivity index (χ2n) is 14.4.